The lowest BCUT2D eigenvalue weighted by Gasteiger charge is -2.23. The maximum Gasteiger partial charge on any atom is 0.330 e. The Morgan fingerprint density at radius 2 is 1.59 bits per heavy atom. The van der Waals surface area contributed by atoms with E-state index in [0.29, 0.717) is 17.9 Å². The number of carbonyl (C=O) groups is 2. The molecule has 0 saturated carbocycles. The molecule has 0 aliphatic carbocycles. The first-order chi connectivity index (χ1) is 10.3. The molecule has 6 heteroatoms. The Morgan fingerprint density at radius 1 is 1.05 bits per heavy atom. The summed E-state index contributed by atoms with van der Waals surface area (Å²) in [5.41, 5.74) is -0.125. The number of amides is 1. The molecule has 6 nitrogen and oxygen atoms in total. The van der Waals surface area contributed by atoms with Crippen molar-refractivity contribution in [1.82, 2.24) is 5.32 Å². The van der Waals surface area contributed by atoms with Crippen LogP contribution in [-0.2, 0) is 20.7 Å². The number of hydrogen-bond donors (Lipinski definition) is 1. The minimum atomic E-state index is -1.04. The molecule has 1 N–H and O–H groups in total. The average molecular weight is 309 g/mol. The van der Waals surface area contributed by atoms with Gasteiger partial charge in [-0.25, -0.2) is 4.79 Å². The van der Waals surface area contributed by atoms with Crippen molar-refractivity contribution in [2.45, 2.75) is 32.2 Å². The molecule has 22 heavy (non-hydrogen) atoms. The lowest BCUT2D eigenvalue weighted by Crippen LogP contribution is -2.50. The van der Waals surface area contributed by atoms with E-state index < -0.39 is 11.5 Å². The highest BCUT2D eigenvalue weighted by molar-refractivity contribution is 5.87. The van der Waals surface area contributed by atoms with E-state index in [-0.39, 0.29) is 12.3 Å². The number of ether oxygens (including phenoxy) is 3. The number of rotatable bonds is 7. The van der Waals surface area contributed by atoms with Gasteiger partial charge in [0.2, 0.25) is 5.91 Å². The second kappa shape index (κ2) is 7.68. The van der Waals surface area contributed by atoms with Gasteiger partial charge in [0.05, 0.1) is 21.3 Å². The lowest BCUT2D eigenvalue weighted by molar-refractivity contribution is -0.149. The minimum Gasteiger partial charge on any atom is -0.497 e. The van der Waals surface area contributed by atoms with Crippen LogP contribution in [0, 0.1) is 0 Å². The van der Waals surface area contributed by atoms with Gasteiger partial charge in [-0.2, -0.15) is 0 Å². The zero-order chi connectivity index (χ0) is 16.8. The molecule has 122 valence electrons. The monoisotopic (exact) mass is 309 g/mol. The standard InChI is InChI=1S/C16H23NO5/c1-16(2,15(19)22-5)17-14(18)7-6-11-8-12(20-3)10-13(9-11)21-4/h8-10H,6-7H2,1-5H3,(H,17,18). The smallest absolute Gasteiger partial charge is 0.330 e. The molecule has 0 aliphatic rings. The Bertz CT molecular complexity index is 517. The van der Waals surface area contributed by atoms with Crippen molar-refractivity contribution in [1.29, 1.82) is 0 Å². The third kappa shape index (κ3) is 4.95. The van der Waals surface area contributed by atoms with E-state index in [1.165, 1.54) is 7.11 Å². The summed E-state index contributed by atoms with van der Waals surface area (Å²) in [6, 6.07) is 5.46. The van der Waals surface area contributed by atoms with E-state index in [9.17, 15) is 9.59 Å². The highest BCUT2D eigenvalue weighted by Crippen LogP contribution is 2.23. The van der Waals surface area contributed by atoms with Gasteiger partial charge < -0.3 is 19.5 Å². The van der Waals surface area contributed by atoms with E-state index in [0.717, 1.165) is 5.56 Å². The summed E-state index contributed by atoms with van der Waals surface area (Å²) >= 11 is 0. The zero-order valence-corrected chi connectivity index (χ0v) is 13.7. The number of methoxy groups -OCH3 is 3. The number of aryl methyl sites for hydroxylation is 1. The van der Waals surface area contributed by atoms with E-state index in [2.05, 4.69) is 10.1 Å². The molecule has 0 heterocycles. The largest absolute Gasteiger partial charge is 0.497 e. The zero-order valence-electron chi connectivity index (χ0n) is 13.7. The van der Waals surface area contributed by atoms with Crippen molar-refractivity contribution in [3.63, 3.8) is 0 Å². The van der Waals surface area contributed by atoms with Gasteiger partial charge >= 0.3 is 5.97 Å². The molecule has 0 aromatic heterocycles. The molecule has 1 amide bonds. The molecule has 0 spiro atoms. The van der Waals surface area contributed by atoms with Crippen molar-refractivity contribution < 1.29 is 23.8 Å². The maximum atomic E-state index is 12.0. The van der Waals surface area contributed by atoms with Gasteiger partial charge in [-0.15, -0.1) is 0 Å². The van der Waals surface area contributed by atoms with Gasteiger partial charge in [0.1, 0.15) is 17.0 Å². The molecule has 1 aromatic rings. The highest BCUT2D eigenvalue weighted by Gasteiger charge is 2.30. The predicted molar refractivity (Wildman–Crippen MR) is 82.1 cm³/mol. The molecule has 0 atom stereocenters. The Labute approximate surface area is 130 Å². The number of esters is 1. The first-order valence-corrected chi connectivity index (χ1v) is 6.93. The van der Waals surface area contributed by atoms with E-state index in [1.54, 1.807) is 34.1 Å². The molecule has 0 fully saturated rings. The Hall–Kier alpha value is -2.24. The molecule has 1 aromatic carbocycles. The third-order valence-corrected chi connectivity index (χ3v) is 3.20. The topological polar surface area (TPSA) is 73.9 Å². The van der Waals surface area contributed by atoms with Crippen LogP contribution in [0.3, 0.4) is 0 Å². The van der Waals surface area contributed by atoms with Gasteiger partial charge in [-0.05, 0) is 38.0 Å². The Kier molecular flexibility index (Phi) is 6.22. The highest BCUT2D eigenvalue weighted by atomic mass is 16.5. The van der Waals surface area contributed by atoms with E-state index in [4.69, 9.17) is 9.47 Å². The van der Waals surface area contributed by atoms with Crippen LogP contribution in [0.2, 0.25) is 0 Å². The van der Waals surface area contributed by atoms with Crippen molar-refractivity contribution in [2.24, 2.45) is 0 Å². The maximum absolute atomic E-state index is 12.0. The molecule has 0 bridgehead atoms. The molecule has 1 rings (SSSR count). The molecule has 0 aliphatic heterocycles. The van der Waals surface area contributed by atoms with Crippen LogP contribution in [0.5, 0.6) is 11.5 Å². The summed E-state index contributed by atoms with van der Waals surface area (Å²) in [5, 5.41) is 2.66. The van der Waals surface area contributed by atoms with Crippen LogP contribution >= 0.6 is 0 Å². The van der Waals surface area contributed by atoms with E-state index >= 15 is 0 Å². The van der Waals surface area contributed by atoms with Crippen molar-refractivity contribution in [3.05, 3.63) is 23.8 Å². The first kappa shape index (κ1) is 17.8. The summed E-state index contributed by atoms with van der Waals surface area (Å²) in [6.07, 6.45) is 0.757. The normalized spacial score (nSPS) is 10.8. The van der Waals surface area contributed by atoms with Gasteiger partial charge in [0.15, 0.2) is 0 Å². The van der Waals surface area contributed by atoms with Crippen molar-refractivity contribution in [3.8, 4) is 11.5 Å². The second-order valence-corrected chi connectivity index (χ2v) is 5.39. The fourth-order valence-corrected chi connectivity index (χ4v) is 1.99. The van der Waals surface area contributed by atoms with Gasteiger partial charge in [0.25, 0.3) is 0 Å². The van der Waals surface area contributed by atoms with Crippen LogP contribution in [0.15, 0.2) is 18.2 Å². The molecule has 0 saturated heterocycles. The van der Waals surface area contributed by atoms with Crippen LogP contribution in [0.25, 0.3) is 0 Å². The quantitative estimate of drug-likeness (QED) is 0.776. The van der Waals surface area contributed by atoms with Crippen LogP contribution < -0.4 is 14.8 Å². The Balaban J connectivity index is 2.66. The molecular weight excluding hydrogens is 286 g/mol. The lowest BCUT2D eigenvalue weighted by atomic mass is 10.0. The second-order valence-electron chi connectivity index (χ2n) is 5.39. The number of nitrogens with one attached hydrogen (secondary N) is 1. The summed E-state index contributed by atoms with van der Waals surface area (Å²) in [4.78, 5) is 23.5. The van der Waals surface area contributed by atoms with Crippen LogP contribution in [-0.4, -0.2) is 38.7 Å². The van der Waals surface area contributed by atoms with Crippen molar-refractivity contribution in [2.75, 3.05) is 21.3 Å². The third-order valence-electron chi connectivity index (χ3n) is 3.20. The van der Waals surface area contributed by atoms with Gasteiger partial charge in [-0.3, -0.25) is 4.79 Å². The SMILES string of the molecule is COC(=O)C(C)(C)NC(=O)CCc1cc(OC)cc(OC)c1. The molecule has 0 radical (unpaired) electrons. The van der Waals surface area contributed by atoms with Gasteiger partial charge in [0, 0.05) is 12.5 Å². The summed E-state index contributed by atoms with van der Waals surface area (Å²) in [6.45, 7) is 3.20. The first-order valence-electron chi connectivity index (χ1n) is 6.93. The summed E-state index contributed by atoms with van der Waals surface area (Å²) in [7, 11) is 4.44. The minimum absolute atomic E-state index is 0.225. The number of benzene rings is 1. The summed E-state index contributed by atoms with van der Waals surface area (Å²) < 4.78 is 15.0. The summed E-state index contributed by atoms with van der Waals surface area (Å²) in [5.74, 6) is 0.635. The molecular formula is C16H23NO5. The average Bonchev–Trinajstić information content (AvgIpc) is 2.51. The van der Waals surface area contributed by atoms with Gasteiger partial charge in [-0.1, -0.05) is 0 Å². The number of carbonyl (C=O) groups excluding carboxylic acids is 2. The fraction of sp³-hybridized carbons (Fsp3) is 0.500. The van der Waals surface area contributed by atoms with E-state index in [1.807, 2.05) is 12.1 Å². The Morgan fingerprint density at radius 3 is 2.05 bits per heavy atom. The fourth-order valence-electron chi connectivity index (χ4n) is 1.99. The van der Waals surface area contributed by atoms with Crippen molar-refractivity contribution >= 4 is 11.9 Å². The predicted octanol–water partition coefficient (Wildman–Crippen LogP) is 1.70. The molecule has 0 unspecified atom stereocenters. The number of hydrogen-bond acceptors (Lipinski definition) is 5. The van der Waals surface area contributed by atoms with Crippen LogP contribution in [0.4, 0.5) is 0 Å². The van der Waals surface area contributed by atoms with Crippen LogP contribution in [0.1, 0.15) is 25.8 Å².